The molecule has 1 aromatic rings. The lowest BCUT2D eigenvalue weighted by Gasteiger charge is -2.27. The second-order valence-corrected chi connectivity index (χ2v) is 4.31. The summed E-state index contributed by atoms with van der Waals surface area (Å²) < 4.78 is 11.5. The van der Waals surface area contributed by atoms with Crippen molar-refractivity contribution in [3.05, 3.63) is 5.56 Å². The summed E-state index contributed by atoms with van der Waals surface area (Å²) in [5.74, 6) is 0.205. The molecule has 1 fully saturated rings. The fraction of sp³-hybridized carbons (Fsp3) is 0.583. The maximum atomic E-state index is 11.9. The van der Waals surface area contributed by atoms with E-state index in [1.54, 1.807) is 0 Å². The number of hydrogen-bond acceptors (Lipinski definition) is 7. The third kappa shape index (κ3) is 2.67. The minimum atomic E-state index is -0.521. The largest absolute Gasteiger partial charge is 0.465 e. The van der Waals surface area contributed by atoms with Crippen LogP contribution in [0.2, 0.25) is 0 Å². The van der Waals surface area contributed by atoms with Crippen molar-refractivity contribution in [2.24, 2.45) is 0 Å². The van der Waals surface area contributed by atoms with E-state index in [0.29, 0.717) is 38.7 Å². The summed E-state index contributed by atoms with van der Waals surface area (Å²) in [6, 6.07) is 2.03. The predicted octanol–water partition coefficient (Wildman–Crippen LogP) is 0.00218. The molecule has 2 heterocycles. The van der Waals surface area contributed by atoms with Gasteiger partial charge in [-0.2, -0.15) is 10.4 Å². The van der Waals surface area contributed by atoms with Gasteiger partial charge in [0.05, 0.1) is 39.4 Å². The summed E-state index contributed by atoms with van der Waals surface area (Å²) in [5, 5.41) is 13.0. The second kappa shape index (κ2) is 6.25. The molecule has 8 nitrogen and oxygen atoms in total. The van der Waals surface area contributed by atoms with Crippen LogP contribution in [0.5, 0.6) is 0 Å². The predicted molar refractivity (Wildman–Crippen MR) is 71.2 cm³/mol. The van der Waals surface area contributed by atoms with Crippen LogP contribution >= 0.6 is 0 Å². The van der Waals surface area contributed by atoms with E-state index in [9.17, 15) is 4.79 Å². The van der Waals surface area contributed by atoms with Gasteiger partial charge in [0, 0.05) is 13.1 Å². The first kappa shape index (κ1) is 14.1. The zero-order valence-electron chi connectivity index (χ0n) is 11.3. The van der Waals surface area contributed by atoms with Crippen LogP contribution < -0.4 is 10.6 Å². The Morgan fingerprint density at radius 2 is 2.25 bits per heavy atom. The lowest BCUT2D eigenvalue weighted by atomic mass is 10.2. The molecule has 8 heteroatoms. The molecular formula is C12H17N5O3. The summed E-state index contributed by atoms with van der Waals surface area (Å²) in [6.07, 6.45) is 0.273. The molecule has 2 rings (SSSR count). The fourth-order valence-electron chi connectivity index (χ4n) is 2.08. The average molecular weight is 279 g/mol. The molecule has 0 aromatic carbocycles. The highest BCUT2D eigenvalue weighted by atomic mass is 16.5. The van der Waals surface area contributed by atoms with Crippen LogP contribution in [0.25, 0.3) is 0 Å². The Bertz CT molecular complexity index is 528. The van der Waals surface area contributed by atoms with Crippen molar-refractivity contribution in [1.82, 2.24) is 9.78 Å². The number of esters is 1. The number of anilines is 2. The van der Waals surface area contributed by atoms with Gasteiger partial charge in [0.1, 0.15) is 11.4 Å². The molecule has 1 aromatic heterocycles. The number of rotatable bonds is 4. The highest BCUT2D eigenvalue weighted by molar-refractivity contribution is 5.99. The number of nitrogens with zero attached hydrogens (tertiary/aromatic N) is 4. The number of ether oxygens (including phenoxy) is 2. The van der Waals surface area contributed by atoms with Crippen molar-refractivity contribution in [1.29, 1.82) is 5.26 Å². The van der Waals surface area contributed by atoms with E-state index in [-0.39, 0.29) is 17.8 Å². The number of methoxy groups -OCH3 is 1. The van der Waals surface area contributed by atoms with Gasteiger partial charge in [0.2, 0.25) is 0 Å². The topological polar surface area (TPSA) is 106 Å². The Hall–Kier alpha value is -2.27. The quantitative estimate of drug-likeness (QED) is 0.773. The van der Waals surface area contributed by atoms with Crippen molar-refractivity contribution < 1.29 is 14.3 Å². The Balaban J connectivity index is 2.37. The monoisotopic (exact) mass is 279 g/mol. The first-order valence-corrected chi connectivity index (χ1v) is 6.33. The Labute approximate surface area is 116 Å². The van der Waals surface area contributed by atoms with Crippen LogP contribution in [-0.4, -0.2) is 49.2 Å². The maximum absolute atomic E-state index is 11.9. The van der Waals surface area contributed by atoms with Gasteiger partial charge < -0.3 is 20.1 Å². The number of nitrogen functional groups attached to an aromatic ring is 1. The van der Waals surface area contributed by atoms with Crippen LogP contribution in [0.4, 0.5) is 11.6 Å². The molecule has 0 unspecified atom stereocenters. The van der Waals surface area contributed by atoms with E-state index >= 15 is 0 Å². The van der Waals surface area contributed by atoms with Crippen LogP contribution in [0.15, 0.2) is 0 Å². The molecule has 0 radical (unpaired) electrons. The van der Waals surface area contributed by atoms with Crippen molar-refractivity contribution in [2.45, 2.75) is 13.0 Å². The van der Waals surface area contributed by atoms with Crippen LogP contribution in [0.1, 0.15) is 16.8 Å². The summed E-state index contributed by atoms with van der Waals surface area (Å²) >= 11 is 0. The molecule has 0 aliphatic carbocycles. The lowest BCUT2D eigenvalue weighted by Crippen LogP contribution is -2.37. The number of nitrogens with two attached hydrogens (primary N) is 1. The number of aromatic nitrogens is 2. The van der Waals surface area contributed by atoms with E-state index in [1.165, 1.54) is 11.8 Å². The normalized spacial score (nSPS) is 14.9. The molecular weight excluding hydrogens is 262 g/mol. The number of nitriles is 1. The molecule has 0 amide bonds. The average Bonchev–Trinajstić information content (AvgIpc) is 2.82. The number of morpholine rings is 1. The highest BCUT2D eigenvalue weighted by Gasteiger charge is 2.27. The number of carbonyl (C=O) groups excluding carboxylic acids is 1. The van der Waals surface area contributed by atoms with Gasteiger partial charge in [-0.05, 0) is 0 Å². The molecule has 1 aliphatic rings. The van der Waals surface area contributed by atoms with Crippen LogP contribution in [-0.2, 0) is 16.0 Å². The summed E-state index contributed by atoms with van der Waals surface area (Å²) in [5.41, 5.74) is 6.22. The summed E-state index contributed by atoms with van der Waals surface area (Å²) in [4.78, 5) is 13.8. The third-order valence-electron chi connectivity index (χ3n) is 3.11. The molecule has 1 aliphatic heterocycles. The number of carbonyl (C=O) groups is 1. The minimum Gasteiger partial charge on any atom is -0.465 e. The molecule has 0 bridgehead atoms. The molecule has 20 heavy (non-hydrogen) atoms. The van der Waals surface area contributed by atoms with E-state index in [2.05, 4.69) is 5.10 Å². The zero-order valence-corrected chi connectivity index (χ0v) is 11.3. The van der Waals surface area contributed by atoms with E-state index in [0.717, 1.165) is 0 Å². The van der Waals surface area contributed by atoms with Gasteiger partial charge >= 0.3 is 5.97 Å². The lowest BCUT2D eigenvalue weighted by molar-refractivity contribution is 0.0601. The standard InChI is InChI=1S/C12H17N5O3/c1-19-12(18)9-10(14)17(4-2-3-13)15-11(9)16-5-7-20-8-6-16/h2,4-8,14H2,1H3. The molecule has 0 atom stereocenters. The van der Waals surface area contributed by atoms with Crippen molar-refractivity contribution in [3.8, 4) is 6.07 Å². The third-order valence-corrected chi connectivity index (χ3v) is 3.11. The highest BCUT2D eigenvalue weighted by Crippen LogP contribution is 2.27. The number of aryl methyl sites for hydroxylation is 1. The van der Waals surface area contributed by atoms with Crippen molar-refractivity contribution in [2.75, 3.05) is 44.0 Å². The first-order chi connectivity index (χ1) is 9.69. The minimum absolute atomic E-state index is 0.230. The van der Waals surface area contributed by atoms with Gasteiger partial charge in [0.15, 0.2) is 5.82 Å². The van der Waals surface area contributed by atoms with Gasteiger partial charge in [-0.3, -0.25) is 0 Å². The van der Waals surface area contributed by atoms with Crippen molar-refractivity contribution >= 4 is 17.6 Å². The molecule has 0 saturated carbocycles. The smallest absolute Gasteiger partial charge is 0.345 e. The van der Waals surface area contributed by atoms with Gasteiger partial charge in [0.25, 0.3) is 0 Å². The summed E-state index contributed by atoms with van der Waals surface area (Å²) in [6.45, 7) is 2.77. The van der Waals surface area contributed by atoms with Crippen LogP contribution in [0, 0.1) is 11.3 Å². The summed E-state index contributed by atoms with van der Waals surface area (Å²) in [7, 11) is 1.30. The van der Waals surface area contributed by atoms with E-state index in [1.807, 2.05) is 11.0 Å². The van der Waals surface area contributed by atoms with Crippen LogP contribution in [0.3, 0.4) is 0 Å². The molecule has 2 N–H and O–H groups in total. The second-order valence-electron chi connectivity index (χ2n) is 4.31. The number of hydrogen-bond donors (Lipinski definition) is 1. The maximum Gasteiger partial charge on any atom is 0.345 e. The fourth-order valence-corrected chi connectivity index (χ4v) is 2.08. The molecule has 0 spiro atoms. The SMILES string of the molecule is COC(=O)c1c(N2CCOCC2)nn(CCC#N)c1N. The van der Waals surface area contributed by atoms with Gasteiger partial charge in [-0.15, -0.1) is 0 Å². The first-order valence-electron chi connectivity index (χ1n) is 6.33. The molecule has 108 valence electrons. The Morgan fingerprint density at radius 1 is 1.55 bits per heavy atom. The van der Waals surface area contributed by atoms with E-state index < -0.39 is 5.97 Å². The van der Waals surface area contributed by atoms with Gasteiger partial charge in [-0.1, -0.05) is 0 Å². The molecule has 1 saturated heterocycles. The Kier molecular flexibility index (Phi) is 4.42. The van der Waals surface area contributed by atoms with Crippen molar-refractivity contribution in [3.63, 3.8) is 0 Å². The Morgan fingerprint density at radius 3 is 2.85 bits per heavy atom. The van der Waals surface area contributed by atoms with Gasteiger partial charge in [-0.25, -0.2) is 9.48 Å². The van der Waals surface area contributed by atoms with E-state index in [4.69, 9.17) is 20.5 Å². The zero-order chi connectivity index (χ0) is 14.5.